The summed E-state index contributed by atoms with van der Waals surface area (Å²) in [5, 5.41) is 18.6. The Morgan fingerprint density at radius 1 is 0.932 bits per heavy atom. The number of non-ortho nitro benzene ring substituents is 1. The molecule has 2 N–H and O–H groups in total. The van der Waals surface area contributed by atoms with Gasteiger partial charge in [0.15, 0.2) is 11.6 Å². The van der Waals surface area contributed by atoms with Crippen LogP contribution in [0.3, 0.4) is 0 Å². The fourth-order valence-electron chi connectivity index (χ4n) is 4.61. The van der Waals surface area contributed by atoms with Crippen LogP contribution < -0.4 is 15.4 Å². The van der Waals surface area contributed by atoms with Crippen LogP contribution in [-0.4, -0.2) is 21.4 Å². The lowest BCUT2D eigenvalue weighted by molar-refractivity contribution is -0.384. The number of halogens is 2. The number of nitro benzene ring substituents is 1. The number of furan rings is 1. The van der Waals surface area contributed by atoms with E-state index in [0.717, 1.165) is 34.2 Å². The van der Waals surface area contributed by atoms with E-state index in [4.69, 9.17) is 20.8 Å². The molecule has 0 fully saturated rings. The molecular formula is C33H25ClFN5O4. The van der Waals surface area contributed by atoms with E-state index in [1.54, 1.807) is 42.5 Å². The summed E-state index contributed by atoms with van der Waals surface area (Å²) in [6.45, 7) is 1.23. The van der Waals surface area contributed by atoms with Crippen molar-refractivity contribution < 1.29 is 18.5 Å². The average molecular weight is 610 g/mol. The molecule has 0 saturated carbocycles. The lowest BCUT2D eigenvalue weighted by Crippen LogP contribution is -2.16. The fourth-order valence-corrected chi connectivity index (χ4v) is 4.83. The van der Waals surface area contributed by atoms with Gasteiger partial charge in [0.1, 0.15) is 29.4 Å². The minimum atomic E-state index is -0.478. The van der Waals surface area contributed by atoms with Gasteiger partial charge < -0.3 is 19.8 Å². The molecule has 6 aromatic rings. The summed E-state index contributed by atoms with van der Waals surface area (Å²) < 4.78 is 25.8. The molecule has 0 atom stereocenters. The van der Waals surface area contributed by atoms with E-state index in [2.05, 4.69) is 20.6 Å². The van der Waals surface area contributed by atoms with Crippen LogP contribution in [-0.2, 0) is 13.0 Å². The molecule has 220 valence electrons. The van der Waals surface area contributed by atoms with Crippen molar-refractivity contribution >= 4 is 39.7 Å². The van der Waals surface area contributed by atoms with Crippen molar-refractivity contribution in [3.05, 3.63) is 136 Å². The molecule has 0 aliphatic heterocycles. The highest BCUT2D eigenvalue weighted by atomic mass is 35.5. The third-order valence-corrected chi connectivity index (χ3v) is 7.16. The topological polar surface area (TPSA) is 115 Å². The van der Waals surface area contributed by atoms with Crippen LogP contribution in [0, 0.1) is 15.9 Å². The molecule has 0 amide bonds. The molecule has 0 radical (unpaired) electrons. The number of hydrogen-bond donors (Lipinski definition) is 2. The molecular weight excluding hydrogens is 585 g/mol. The van der Waals surface area contributed by atoms with Gasteiger partial charge in [0, 0.05) is 28.8 Å². The largest absolute Gasteiger partial charge is 0.460 e. The highest BCUT2D eigenvalue weighted by molar-refractivity contribution is 6.32. The second kappa shape index (κ2) is 12.9. The van der Waals surface area contributed by atoms with Crippen LogP contribution in [0.15, 0.2) is 108 Å². The van der Waals surface area contributed by atoms with Gasteiger partial charge in [-0.05, 0) is 79.2 Å². The van der Waals surface area contributed by atoms with Gasteiger partial charge in [0.05, 0.1) is 22.0 Å². The van der Waals surface area contributed by atoms with Gasteiger partial charge in [-0.3, -0.25) is 10.1 Å². The highest BCUT2D eigenvalue weighted by Crippen LogP contribution is 2.35. The van der Waals surface area contributed by atoms with E-state index in [1.807, 2.05) is 30.3 Å². The lowest BCUT2D eigenvalue weighted by atomic mass is 10.1. The molecule has 6 rings (SSSR count). The van der Waals surface area contributed by atoms with Gasteiger partial charge in [-0.1, -0.05) is 35.9 Å². The van der Waals surface area contributed by atoms with Crippen molar-refractivity contribution in [2.45, 2.75) is 13.0 Å². The second-order valence-electron chi connectivity index (χ2n) is 9.87. The van der Waals surface area contributed by atoms with Crippen molar-refractivity contribution in [2.24, 2.45) is 0 Å². The van der Waals surface area contributed by atoms with Crippen LogP contribution in [0.25, 0.3) is 22.2 Å². The molecule has 9 nitrogen and oxygen atoms in total. The zero-order valence-corrected chi connectivity index (χ0v) is 23.9. The molecule has 0 aliphatic rings. The summed E-state index contributed by atoms with van der Waals surface area (Å²) in [5.74, 6) is 1.99. The van der Waals surface area contributed by atoms with Gasteiger partial charge >= 0.3 is 0 Å². The van der Waals surface area contributed by atoms with Crippen LogP contribution >= 0.6 is 11.6 Å². The Labute approximate surface area is 256 Å². The summed E-state index contributed by atoms with van der Waals surface area (Å²) in [6, 6.07) is 27.4. The Hall–Kier alpha value is -5.32. The Morgan fingerprint density at radius 3 is 2.57 bits per heavy atom. The fraction of sp³-hybridized carbons (Fsp3) is 0.0909. The Balaban J connectivity index is 1.12. The van der Waals surface area contributed by atoms with Crippen LogP contribution in [0.2, 0.25) is 5.02 Å². The number of para-hydroxylation sites is 1. The van der Waals surface area contributed by atoms with Crippen molar-refractivity contribution in [2.75, 3.05) is 11.9 Å². The van der Waals surface area contributed by atoms with Gasteiger partial charge in [0.25, 0.3) is 5.69 Å². The summed E-state index contributed by atoms with van der Waals surface area (Å²) in [6.07, 6.45) is 2.22. The summed E-state index contributed by atoms with van der Waals surface area (Å²) >= 11 is 6.46. The van der Waals surface area contributed by atoms with Gasteiger partial charge in [-0.15, -0.1) is 0 Å². The number of nitrogens with one attached hydrogen (secondary N) is 2. The van der Waals surface area contributed by atoms with Crippen molar-refractivity contribution in [1.82, 2.24) is 15.3 Å². The number of rotatable bonds is 11. The van der Waals surface area contributed by atoms with E-state index in [9.17, 15) is 14.5 Å². The minimum Gasteiger partial charge on any atom is -0.460 e. The minimum absolute atomic E-state index is 0.0828. The number of anilines is 2. The molecule has 4 aromatic carbocycles. The van der Waals surface area contributed by atoms with E-state index in [-0.39, 0.29) is 11.4 Å². The number of nitro groups is 1. The Bertz CT molecular complexity index is 1950. The van der Waals surface area contributed by atoms with E-state index >= 15 is 0 Å². The molecule has 11 heteroatoms. The molecule has 0 unspecified atom stereocenters. The molecule has 2 aromatic heterocycles. The van der Waals surface area contributed by atoms with Crippen LogP contribution in [0.1, 0.15) is 11.3 Å². The lowest BCUT2D eigenvalue weighted by Gasteiger charge is -2.12. The van der Waals surface area contributed by atoms with Gasteiger partial charge in [-0.2, -0.15) is 0 Å². The number of ether oxygens (including phenoxy) is 1. The standard InChI is InChI=1S/C33H25ClFN5O4/c34-27-18-23(8-13-31(27)44-32-4-2-1-3-28(32)35)39-33-26-17-22(7-12-29(26)37-20-38-33)30-14-11-25(43-30)19-36-16-15-21-5-9-24(10-6-21)40(41)42/h1-14,17-18,20,36H,15-16,19H2,(H,37,38,39). The maximum Gasteiger partial charge on any atom is 0.269 e. The average Bonchev–Trinajstić information content (AvgIpc) is 3.51. The summed E-state index contributed by atoms with van der Waals surface area (Å²) in [5.41, 5.74) is 3.37. The molecule has 44 heavy (non-hydrogen) atoms. The molecule has 0 bridgehead atoms. The number of fused-ring (bicyclic) bond motifs is 1. The number of benzene rings is 4. The molecule has 0 saturated heterocycles. The first-order valence-electron chi connectivity index (χ1n) is 13.7. The van der Waals surface area contributed by atoms with E-state index in [1.165, 1.54) is 30.6 Å². The third kappa shape index (κ3) is 6.67. The van der Waals surface area contributed by atoms with Crippen LogP contribution in [0.4, 0.5) is 21.6 Å². The number of nitrogens with zero attached hydrogens (tertiary/aromatic N) is 3. The van der Waals surface area contributed by atoms with Crippen molar-refractivity contribution in [3.8, 4) is 22.8 Å². The zero-order chi connectivity index (χ0) is 30.5. The van der Waals surface area contributed by atoms with E-state index in [0.29, 0.717) is 41.1 Å². The third-order valence-electron chi connectivity index (χ3n) is 6.87. The maximum absolute atomic E-state index is 14.0. The number of aromatic nitrogens is 2. The summed E-state index contributed by atoms with van der Waals surface area (Å²) in [4.78, 5) is 19.3. The van der Waals surface area contributed by atoms with Gasteiger partial charge in [0.2, 0.25) is 0 Å². The smallest absolute Gasteiger partial charge is 0.269 e. The zero-order valence-electron chi connectivity index (χ0n) is 23.2. The summed E-state index contributed by atoms with van der Waals surface area (Å²) in [7, 11) is 0. The Kier molecular flexibility index (Phi) is 8.44. The number of hydrogen-bond acceptors (Lipinski definition) is 8. The predicted molar refractivity (Wildman–Crippen MR) is 167 cm³/mol. The maximum atomic E-state index is 14.0. The first-order valence-corrected chi connectivity index (χ1v) is 14.1. The molecule has 2 heterocycles. The molecule has 0 spiro atoms. The van der Waals surface area contributed by atoms with Crippen LogP contribution in [0.5, 0.6) is 11.5 Å². The molecule has 0 aliphatic carbocycles. The monoisotopic (exact) mass is 609 g/mol. The highest BCUT2D eigenvalue weighted by Gasteiger charge is 2.12. The van der Waals surface area contributed by atoms with Crippen molar-refractivity contribution in [3.63, 3.8) is 0 Å². The first-order chi connectivity index (χ1) is 21.4. The quantitative estimate of drug-likeness (QED) is 0.0854. The first kappa shape index (κ1) is 28.8. The van der Waals surface area contributed by atoms with E-state index < -0.39 is 10.7 Å². The Morgan fingerprint density at radius 2 is 1.77 bits per heavy atom. The van der Waals surface area contributed by atoms with Crippen molar-refractivity contribution in [1.29, 1.82) is 0 Å². The predicted octanol–water partition coefficient (Wildman–Crippen LogP) is 8.46. The normalized spacial score (nSPS) is 11.0. The van der Waals surface area contributed by atoms with Gasteiger partial charge in [-0.25, -0.2) is 14.4 Å². The second-order valence-corrected chi connectivity index (χ2v) is 10.3. The SMILES string of the molecule is O=[N+]([O-])c1ccc(CCNCc2ccc(-c3ccc4ncnc(Nc5ccc(Oc6ccccc6F)c(Cl)c5)c4c3)o2)cc1.